The summed E-state index contributed by atoms with van der Waals surface area (Å²) in [5.41, 5.74) is 1.16. The Bertz CT molecular complexity index is 370. The van der Waals surface area contributed by atoms with Crippen molar-refractivity contribution in [1.29, 1.82) is 0 Å². The number of ether oxygens (including phenoxy) is 3. The third-order valence-electron chi connectivity index (χ3n) is 3.10. The standard InChI is InChI=1S/C14H21NO3/c1-3-16-8-9-17-13-10-18-12-7-5-4-6-11(12)14(13)15-2/h4-7,13-15H,3,8-10H2,1-2H3. The first-order chi connectivity index (χ1) is 8.86. The summed E-state index contributed by atoms with van der Waals surface area (Å²) in [5.74, 6) is 0.946. The van der Waals surface area contributed by atoms with Crippen LogP contribution in [0.2, 0.25) is 0 Å². The lowest BCUT2D eigenvalue weighted by Crippen LogP contribution is -2.40. The molecule has 1 aliphatic rings. The molecule has 0 aliphatic carbocycles. The summed E-state index contributed by atoms with van der Waals surface area (Å²) in [6, 6.07) is 8.26. The van der Waals surface area contributed by atoms with Crippen LogP contribution < -0.4 is 10.1 Å². The minimum absolute atomic E-state index is 0.0327. The summed E-state index contributed by atoms with van der Waals surface area (Å²) in [5, 5.41) is 3.31. The highest BCUT2D eigenvalue weighted by Gasteiger charge is 2.30. The van der Waals surface area contributed by atoms with E-state index in [1.807, 2.05) is 32.2 Å². The fourth-order valence-electron chi connectivity index (χ4n) is 2.23. The molecule has 0 bridgehead atoms. The summed E-state index contributed by atoms with van der Waals surface area (Å²) in [6.07, 6.45) is 0.0327. The molecule has 18 heavy (non-hydrogen) atoms. The van der Waals surface area contributed by atoms with Gasteiger partial charge in [-0.2, -0.15) is 0 Å². The van der Waals surface area contributed by atoms with Crippen molar-refractivity contribution in [2.45, 2.75) is 19.1 Å². The molecule has 1 heterocycles. The second-order valence-electron chi connectivity index (χ2n) is 4.22. The molecule has 1 aliphatic heterocycles. The van der Waals surface area contributed by atoms with Crippen molar-refractivity contribution in [2.24, 2.45) is 0 Å². The maximum Gasteiger partial charge on any atom is 0.124 e. The van der Waals surface area contributed by atoms with E-state index in [1.165, 1.54) is 0 Å². The molecule has 1 aromatic rings. The van der Waals surface area contributed by atoms with Crippen molar-refractivity contribution in [3.05, 3.63) is 29.8 Å². The molecule has 0 amide bonds. The molecule has 0 fully saturated rings. The molecule has 0 radical (unpaired) electrons. The van der Waals surface area contributed by atoms with Crippen LogP contribution in [0, 0.1) is 0 Å². The molecular weight excluding hydrogens is 230 g/mol. The van der Waals surface area contributed by atoms with Crippen molar-refractivity contribution in [3.63, 3.8) is 0 Å². The van der Waals surface area contributed by atoms with Gasteiger partial charge in [-0.15, -0.1) is 0 Å². The lowest BCUT2D eigenvalue weighted by molar-refractivity contribution is -0.0372. The number of fused-ring (bicyclic) bond motifs is 1. The normalized spacial score (nSPS) is 22.3. The monoisotopic (exact) mass is 251 g/mol. The third kappa shape index (κ3) is 3.02. The van der Waals surface area contributed by atoms with Crippen LogP contribution in [0.3, 0.4) is 0 Å². The zero-order valence-electron chi connectivity index (χ0n) is 11.0. The fourth-order valence-corrected chi connectivity index (χ4v) is 2.23. The van der Waals surface area contributed by atoms with Gasteiger partial charge in [0.2, 0.25) is 0 Å². The molecular formula is C14H21NO3. The van der Waals surface area contributed by atoms with Crippen LogP contribution in [-0.4, -0.2) is 39.6 Å². The lowest BCUT2D eigenvalue weighted by atomic mass is 9.98. The first-order valence-corrected chi connectivity index (χ1v) is 6.45. The van der Waals surface area contributed by atoms with E-state index >= 15 is 0 Å². The van der Waals surface area contributed by atoms with Gasteiger partial charge in [0.05, 0.1) is 19.3 Å². The van der Waals surface area contributed by atoms with Crippen molar-refractivity contribution in [1.82, 2.24) is 5.32 Å². The van der Waals surface area contributed by atoms with E-state index in [4.69, 9.17) is 14.2 Å². The van der Waals surface area contributed by atoms with Crippen LogP contribution in [0.4, 0.5) is 0 Å². The van der Waals surface area contributed by atoms with E-state index in [1.54, 1.807) is 0 Å². The van der Waals surface area contributed by atoms with Crippen molar-refractivity contribution < 1.29 is 14.2 Å². The molecule has 1 N–H and O–H groups in total. The van der Waals surface area contributed by atoms with E-state index in [0.29, 0.717) is 19.8 Å². The van der Waals surface area contributed by atoms with Gasteiger partial charge in [0.15, 0.2) is 0 Å². The van der Waals surface area contributed by atoms with Crippen LogP contribution in [0.25, 0.3) is 0 Å². The zero-order chi connectivity index (χ0) is 12.8. The van der Waals surface area contributed by atoms with Crippen molar-refractivity contribution >= 4 is 0 Å². The number of benzene rings is 1. The van der Waals surface area contributed by atoms with Gasteiger partial charge in [0.1, 0.15) is 18.5 Å². The zero-order valence-corrected chi connectivity index (χ0v) is 11.0. The van der Waals surface area contributed by atoms with E-state index in [9.17, 15) is 0 Å². The summed E-state index contributed by atoms with van der Waals surface area (Å²) in [7, 11) is 1.95. The Morgan fingerprint density at radius 1 is 1.33 bits per heavy atom. The van der Waals surface area contributed by atoms with Gasteiger partial charge in [-0.25, -0.2) is 0 Å². The fraction of sp³-hybridized carbons (Fsp3) is 0.571. The Hall–Kier alpha value is -1.10. The quantitative estimate of drug-likeness (QED) is 0.782. The number of likely N-dealkylation sites (N-methyl/N-ethyl adjacent to an activating group) is 1. The van der Waals surface area contributed by atoms with Gasteiger partial charge in [-0.05, 0) is 20.0 Å². The van der Waals surface area contributed by atoms with Gasteiger partial charge in [-0.3, -0.25) is 0 Å². The Morgan fingerprint density at radius 2 is 2.17 bits per heavy atom. The van der Waals surface area contributed by atoms with Crippen LogP contribution >= 0.6 is 0 Å². The molecule has 0 spiro atoms. The maximum atomic E-state index is 5.83. The highest BCUT2D eigenvalue weighted by atomic mass is 16.6. The molecule has 0 saturated heterocycles. The van der Waals surface area contributed by atoms with Crippen molar-refractivity contribution in [2.75, 3.05) is 33.5 Å². The third-order valence-corrected chi connectivity index (χ3v) is 3.10. The minimum atomic E-state index is 0.0327. The summed E-state index contributed by atoms with van der Waals surface area (Å²) in [6.45, 7) is 4.52. The van der Waals surface area contributed by atoms with Gasteiger partial charge in [0, 0.05) is 12.2 Å². The molecule has 4 heteroatoms. The van der Waals surface area contributed by atoms with Gasteiger partial charge in [-0.1, -0.05) is 18.2 Å². The van der Waals surface area contributed by atoms with Crippen LogP contribution in [0.15, 0.2) is 24.3 Å². The first kappa shape index (κ1) is 13.3. The number of rotatable bonds is 6. The second kappa shape index (κ2) is 6.73. The highest BCUT2D eigenvalue weighted by molar-refractivity contribution is 5.38. The number of hydrogen-bond acceptors (Lipinski definition) is 4. The smallest absolute Gasteiger partial charge is 0.124 e. The van der Waals surface area contributed by atoms with E-state index in [-0.39, 0.29) is 12.1 Å². The van der Waals surface area contributed by atoms with Crippen LogP contribution in [0.5, 0.6) is 5.75 Å². The molecule has 1 aromatic carbocycles. The van der Waals surface area contributed by atoms with Crippen molar-refractivity contribution in [3.8, 4) is 5.75 Å². The molecule has 0 saturated carbocycles. The molecule has 0 aromatic heterocycles. The van der Waals surface area contributed by atoms with E-state index in [0.717, 1.165) is 17.9 Å². The van der Waals surface area contributed by atoms with E-state index < -0.39 is 0 Å². The molecule has 2 unspecified atom stereocenters. The largest absolute Gasteiger partial charge is 0.490 e. The number of para-hydroxylation sites is 1. The molecule has 2 atom stereocenters. The molecule has 4 nitrogen and oxygen atoms in total. The molecule has 100 valence electrons. The maximum absolute atomic E-state index is 5.83. The lowest BCUT2D eigenvalue weighted by Gasteiger charge is -2.33. The predicted octanol–water partition coefficient (Wildman–Crippen LogP) is 1.76. The van der Waals surface area contributed by atoms with Crippen LogP contribution in [-0.2, 0) is 9.47 Å². The Labute approximate surface area is 108 Å². The second-order valence-corrected chi connectivity index (χ2v) is 4.22. The minimum Gasteiger partial charge on any atom is -0.490 e. The van der Waals surface area contributed by atoms with Gasteiger partial charge in [0.25, 0.3) is 0 Å². The highest BCUT2D eigenvalue weighted by Crippen LogP contribution is 2.32. The Balaban J connectivity index is 1.97. The summed E-state index contributed by atoms with van der Waals surface area (Å²) >= 11 is 0. The average Bonchev–Trinajstić information content (AvgIpc) is 2.43. The Morgan fingerprint density at radius 3 is 2.94 bits per heavy atom. The topological polar surface area (TPSA) is 39.7 Å². The van der Waals surface area contributed by atoms with Gasteiger partial charge >= 0.3 is 0 Å². The first-order valence-electron chi connectivity index (χ1n) is 6.45. The van der Waals surface area contributed by atoms with Gasteiger partial charge < -0.3 is 19.5 Å². The summed E-state index contributed by atoms with van der Waals surface area (Å²) in [4.78, 5) is 0. The number of hydrogen-bond donors (Lipinski definition) is 1. The Kier molecular flexibility index (Phi) is 4.99. The van der Waals surface area contributed by atoms with E-state index in [2.05, 4.69) is 11.4 Å². The molecule has 2 rings (SSSR count). The summed E-state index contributed by atoms with van der Waals surface area (Å²) < 4.78 is 16.8. The SMILES string of the molecule is CCOCCOC1COc2ccccc2C1NC. The number of nitrogens with one attached hydrogen (secondary N) is 1. The predicted molar refractivity (Wildman–Crippen MR) is 70.0 cm³/mol. The average molecular weight is 251 g/mol. The van der Waals surface area contributed by atoms with Crippen LogP contribution in [0.1, 0.15) is 18.5 Å².